The number of phenolic OH excluding ortho intramolecular Hbond substituents is 1. The molecule has 0 saturated heterocycles. The maximum atomic E-state index is 9.77. The molecule has 0 atom stereocenters. The summed E-state index contributed by atoms with van der Waals surface area (Å²) in [5.74, 6) is 0.489. The zero-order chi connectivity index (χ0) is 11.9. The summed E-state index contributed by atoms with van der Waals surface area (Å²) in [6.07, 6.45) is 0. The highest BCUT2D eigenvalue weighted by molar-refractivity contribution is 5.79. The van der Waals surface area contributed by atoms with Gasteiger partial charge in [0.15, 0.2) is 0 Å². The Labute approximate surface area is 93.1 Å². The van der Waals surface area contributed by atoms with Gasteiger partial charge in [0.1, 0.15) is 5.75 Å². The summed E-state index contributed by atoms with van der Waals surface area (Å²) in [6, 6.07) is 4.86. The van der Waals surface area contributed by atoms with Crippen molar-refractivity contribution in [3.05, 3.63) is 18.2 Å². The van der Waals surface area contributed by atoms with Crippen LogP contribution in [-0.4, -0.2) is 25.4 Å². The molecule has 16 heavy (non-hydrogen) atoms. The van der Waals surface area contributed by atoms with Gasteiger partial charge in [-0.05, 0) is 26.0 Å². The van der Waals surface area contributed by atoms with Crippen molar-refractivity contribution in [3.8, 4) is 5.75 Å². The second-order valence-corrected chi connectivity index (χ2v) is 4.54. The first-order chi connectivity index (χ1) is 7.37. The second-order valence-electron chi connectivity index (χ2n) is 4.54. The minimum atomic E-state index is -0.861. The average Bonchev–Trinajstić information content (AvgIpc) is 2.40. The van der Waals surface area contributed by atoms with Crippen molar-refractivity contribution >= 4 is 17.0 Å². The lowest BCUT2D eigenvalue weighted by Crippen LogP contribution is -2.26. The summed E-state index contributed by atoms with van der Waals surface area (Å²) in [5.41, 5.74) is 6.34. The maximum absolute atomic E-state index is 9.77. The van der Waals surface area contributed by atoms with E-state index in [0.717, 1.165) is 5.52 Å². The Morgan fingerprint density at radius 1 is 1.44 bits per heavy atom. The first-order valence-corrected chi connectivity index (χ1v) is 5.04. The molecule has 86 valence electrons. The summed E-state index contributed by atoms with van der Waals surface area (Å²) in [7, 11) is 0. The number of nitrogen functional groups attached to an aromatic ring is 1. The summed E-state index contributed by atoms with van der Waals surface area (Å²) in [6.45, 7) is 3.78. The third kappa shape index (κ3) is 1.94. The molecule has 1 aromatic heterocycles. The molecule has 0 aliphatic rings. The van der Waals surface area contributed by atoms with E-state index in [4.69, 9.17) is 5.73 Å². The van der Waals surface area contributed by atoms with E-state index in [1.807, 2.05) is 0 Å². The lowest BCUT2D eigenvalue weighted by atomic mass is 10.1. The standard InChI is InChI=1S/C11H15N3O2/c1-11(2,16)6-14-9-4-3-7(15)5-8(9)13-10(14)12/h3-5,15-16H,6H2,1-2H3,(H2,12,13). The molecular weight excluding hydrogens is 206 g/mol. The third-order valence-corrected chi connectivity index (χ3v) is 2.31. The number of benzene rings is 1. The normalized spacial score (nSPS) is 12.2. The van der Waals surface area contributed by atoms with Crippen molar-refractivity contribution in [3.63, 3.8) is 0 Å². The van der Waals surface area contributed by atoms with Crippen LogP contribution in [-0.2, 0) is 6.54 Å². The molecule has 2 aromatic rings. The van der Waals surface area contributed by atoms with E-state index in [-0.39, 0.29) is 5.75 Å². The van der Waals surface area contributed by atoms with Crippen molar-refractivity contribution in [2.45, 2.75) is 26.0 Å². The fraction of sp³-hybridized carbons (Fsp3) is 0.364. The van der Waals surface area contributed by atoms with Crippen LogP contribution < -0.4 is 5.73 Å². The van der Waals surface area contributed by atoms with Crippen molar-refractivity contribution in [1.82, 2.24) is 9.55 Å². The van der Waals surface area contributed by atoms with E-state index in [1.54, 1.807) is 36.6 Å². The lowest BCUT2D eigenvalue weighted by molar-refractivity contribution is 0.0633. The van der Waals surface area contributed by atoms with Crippen molar-refractivity contribution in [2.75, 3.05) is 5.73 Å². The Kier molecular flexibility index (Phi) is 2.27. The Balaban J connectivity index is 2.56. The summed E-state index contributed by atoms with van der Waals surface area (Å²) >= 11 is 0. The van der Waals surface area contributed by atoms with Crippen LogP contribution in [0.5, 0.6) is 5.75 Å². The molecular formula is C11H15N3O2. The topological polar surface area (TPSA) is 84.3 Å². The van der Waals surface area contributed by atoms with Crippen LogP contribution in [0.15, 0.2) is 18.2 Å². The number of anilines is 1. The summed E-state index contributed by atoms with van der Waals surface area (Å²) < 4.78 is 1.73. The zero-order valence-corrected chi connectivity index (χ0v) is 9.31. The first kappa shape index (κ1) is 10.8. The van der Waals surface area contributed by atoms with Crippen LogP contribution in [0.25, 0.3) is 11.0 Å². The minimum absolute atomic E-state index is 0.153. The highest BCUT2D eigenvalue weighted by Gasteiger charge is 2.17. The maximum Gasteiger partial charge on any atom is 0.201 e. The van der Waals surface area contributed by atoms with E-state index in [1.165, 1.54) is 0 Å². The Bertz CT molecular complexity index is 526. The number of aliphatic hydroxyl groups is 1. The van der Waals surface area contributed by atoms with E-state index in [0.29, 0.717) is 18.0 Å². The van der Waals surface area contributed by atoms with Gasteiger partial charge < -0.3 is 20.5 Å². The Hall–Kier alpha value is -1.75. The lowest BCUT2D eigenvalue weighted by Gasteiger charge is -2.19. The van der Waals surface area contributed by atoms with Crippen LogP contribution in [0.2, 0.25) is 0 Å². The second kappa shape index (κ2) is 3.38. The van der Waals surface area contributed by atoms with Gasteiger partial charge in [0, 0.05) is 6.07 Å². The monoisotopic (exact) mass is 221 g/mol. The predicted molar refractivity (Wildman–Crippen MR) is 62.1 cm³/mol. The molecule has 2 rings (SSSR count). The van der Waals surface area contributed by atoms with Crippen LogP contribution in [0, 0.1) is 0 Å². The number of nitrogens with two attached hydrogens (primary N) is 1. The van der Waals surface area contributed by atoms with Gasteiger partial charge >= 0.3 is 0 Å². The van der Waals surface area contributed by atoms with Crippen molar-refractivity contribution in [1.29, 1.82) is 0 Å². The molecule has 0 saturated carbocycles. The number of rotatable bonds is 2. The highest BCUT2D eigenvalue weighted by Crippen LogP contribution is 2.23. The van der Waals surface area contributed by atoms with Crippen LogP contribution >= 0.6 is 0 Å². The molecule has 0 aliphatic heterocycles. The van der Waals surface area contributed by atoms with Gasteiger partial charge in [0.25, 0.3) is 0 Å². The fourth-order valence-electron chi connectivity index (χ4n) is 1.69. The Morgan fingerprint density at radius 2 is 2.12 bits per heavy atom. The molecule has 1 heterocycles. The number of hydrogen-bond donors (Lipinski definition) is 3. The summed E-state index contributed by atoms with van der Waals surface area (Å²) in [5, 5.41) is 19.1. The molecule has 0 spiro atoms. The largest absolute Gasteiger partial charge is 0.508 e. The number of aromatic hydroxyl groups is 1. The number of imidazole rings is 1. The van der Waals surface area contributed by atoms with Gasteiger partial charge in [0.2, 0.25) is 5.95 Å². The predicted octanol–water partition coefficient (Wildman–Crippen LogP) is 1.09. The van der Waals surface area contributed by atoms with Crippen LogP contribution in [0.3, 0.4) is 0 Å². The third-order valence-electron chi connectivity index (χ3n) is 2.31. The van der Waals surface area contributed by atoms with E-state index >= 15 is 0 Å². The van der Waals surface area contributed by atoms with Crippen molar-refractivity contribution < 1.29 is 10.2 Å². The Morgan fingerprint density at radius 3 is 2.75 bits per heavy atom. The fourth-order valence-corrected chi connectivity index (χ4v) is 1.69. The number of aromatic nitrogens is 2. The molecule has 0 bridgehead atoms. The van der Waals surface area contributed by atoms with Crippen LogP contribution in [0.4, 0.5) is 5.95 Å². The molecule has 0 fully saturated rings. The first-order valence-electron chi connectivity index (χ1n) is 5.04. The molecule has 0 unspecified atom stereocenters. The van der Waals surface area contributed by atoms with E-state index < -0.39 is 5.60 Å². The molecule has 0 radical (unpaired) electrons. The van der Waals surface area contributed by atoms with Gasteiger partial charge in [-0.25, -0.2) is 4.98 Å². The number of phenols is 1. The minimum Gasteiger partial charge on any atom is -0.508 e. The molecule has 1 aromatic carbocycles. The molecule has 5 nitrogen and oxygen atoms in total. The molecule has 4 N–H and O–H groups in total. The smallest absolute Gasteiger partial charge is 0.201 e. The quantitative estimate of drug-likeness (QED) is 0.708. The molecule has 0 aliphatic carbocycles. The highest BCUT2D eigenvalue weighted by atomic mass is 16.3. The zero-order valence-electron chi connectivity index (χ0n) is 9.31. The van der Waals surface area contributed by atoms with E-state index in [9.17, 15) is 10.2 Å². The SMILES string of the molecule is CC(C)(O)Cn1c(N)nc2cc(O)ccc21. The van der Waals surface area contributed by atoms with Crippen molar-refractivity contribution in [2.24, 2.45) is 0 Å². The number of hydrogen-bond acceptors (Lipinski definition) is 4. The molecule has 5 heteroatoms. The van der Waals surface area contributed by atoms with Gasteiger partial charge in [-0.2, -0.15) is 0 Å². The van der Waals surface area contributed by atoms with Gasteiger partial charge in [-0.1, -0.05) is 0 Å². The number of fused-ring (bicyclic) bond motifs is 1. The molecule has 0 amide bonds. The van der Waals surface area contributed by atoms with Gasteiger partial charge in [0.05, 0.1) is 23.2 Å². The van der Waals surface area contributed by atoms with E-state index in [2.05, 4.69) is 4.98 Å². The number of nitrogens with zero attached hydrogens (tertiary/aromatic N) is 2. The van der Waals surface area contributed by atoms with Crippen LogP contribution in [0.1, 0.15) is 13.8 Å². The summed E-state index contributed by atoms with van der Waals surface area (Å²) in [4.78, 5) is 4.13. The van der Waals surface area contributed by atoms with Gasteiger partial charge in [-0.15, -0.1) is 0 Å². The van der Waals surface area contributed by atoms with Gasteiger partial charge in [-0.3, -0.25) is 0 Å². The average molecular weight is 221 g/mol.